The smallest absolute Gasteiger partial charge is 0.149 e. The third kappa shape index (κ3) is 3.85. The van der Waals surface area contributed by atoms with E-state index in [1.807, 2.05) is 0 Å². The molecule has 0 amide bonds. The minimum Gasteiger partial charge on any atom is -0.493 e. The minimum absolute atomic E-state index is 0.241. The highest BCUT2D eigenvalue weighted by atomic mass is 35.5. The molecule has 2 fully saturated rings. The standard InChI is InChI=1S/C18H20ClFN4O/c19-17-8-21-9-18(22-17)24-6-5-23-10-13(7-15(23)11-24)12-25-16-3-1-14(20)2-4-16/h1-4,8-9,13,15H,5-7,10-12H2. The van der Waals surface area contributed by atoms with Gasteiger partial charge in [-0.15, -0.1) is 0 Å². The number of halogens is 2. The molecule has 0 radical (unpaired) electrons. The highest BCUT2D eigenvalue weighted by molar-refractivity contribution is 6.29. The molecule has 5 nitrogen and oxygen atoms in total. The first-order valence-electron chi connectivity index (χ1n) is 8.52. The van der Waals surface area contributed by atoms with Crippen LogP contribution in [0.15, 0.2) is 36.7 Å². The molecule has 7 heteroatoms. The van der Waals surface area contributed by atoms with Crippen LogP contribution in [0.4, 0.5) is 10.2 Å². The number of fused-ring (bicyclic) bond motifs is 1. The number of aromatic nitrogens is 2. The molecule has 0 bridgehead atoms. The average molecular weight is 363 g/mol. The van der Waals surface area contributed by atoms with Crippen LogP contribution in [0.5, 0.6) is 5.75 Å². The van der Waals surface area contributed by atoms with E-state index in [0.717, 1.165) is 44.2 Å². The molecule has 132 valence electrons. The Hall–Kier alpha value is -1.92. The van der Waals surface area contributed by atoms with E-state index in [-0.39, 0.29) is 5.82 Å². The van der Waals surface area contributed by atoms with Gasteiger partial charge in [-0.05, 0) is 30.7 Å². The summed E-state index contributed by atoms with van der Waals surface area (Å²) in [5.74, 6) is 1.82. The van der Waals surface area contributed by atoms with Gasteiger partial charge >= 0.3 is 0 Å². The van der Waals surface area contributed by atoms with Crippen LogP contribution in [0.25, 0.3) is 0 Å². The Bertz CT molecular complexity index is 729. The fraction of sp³-hybridized carbons (Fsp3) is 0.444. The first-order chi connectivity index (χ1) is 12.2. The lowest BCUT2D eigenvalue weighted by Gasteiger charge is -2.37. The SMILES string of the molecule is Fc1ccc(OCC2CC3CN(c4cncc(Cl)n4)CCN3C2)cc1. The van der Waals surface area contributed by atoms with Crippen LogP contribution in [0.1, 0.15) is 6.42 Å². The molecule has 0 saturated carbocycles. The van der Waals surface area contributed by atoms with Gasteiger partial charge in [-0.25, -0.2) is 9.37 Å². The number of rotatable bonds is 4. The summed E-state index contributed by atoms with van der Waals surface area (Å²) >= 11 is 5.96. The van der Waals surface area contributed by atoms with Gasteiger partial charge in [0.05, 0.1) is 19.0 Å². The molecule has 2 aliphatic rings. The second-order valence-electron chi connectivity index (χ2n) is 6.66. The molecule has 4 rings (SSSR count). The van der Waals surface area contributed by atoms with Gasteiger partial charge in [0, 0.05) is 38.1 Å². The zero-order chi connectivity index (χ0) is 17.2. The summed E-state index contributed by atoms with van der Waals surface area (Å²) in [6.07, 6.45) is 4.41. The summed E-state index contributed by atoms with van der Waals surface area (Å²) in [5, 5.41) is 0.428. The molecule has 0 aliphatic carbocycles. The summed E-state index contributed by atoms with van der Waals surface area (Å²) in [6.45, 7) is 4.57. The molecule has 0 N–H and O–H groups in total. The molecule has 2 aromatic rings. The average Bonchev–Trinajstić information content (AvgIpc) is 3.03. The predicted octanol–water partition coefficient (Wildman–Crippen LogP) is 2.86. The van der Waals surface area contributed by atoms with Crippen molar-refractivity contribution >= 4 is 17.4 Å². The van der Waals surface area contributed by atoms with Gasteiger partial charge in [0.2, 0.25) is 0 Å². The summed E-state index contributed by atoms with van der Waals surface area (Å²) in [7, 11) is 0. The zero-order valence-electron chi connectivity index (χ0n) is 13.8. The Labute approximate surface area is 151 Å². The molecule has 25 heavy (non-hydrogen) atoms. The van der Waals surface area contributed by atoms with Gasteiger partial charge in [-0.1, -0.05) is 11.6 Å². The third-order valence-electron chi connectivity index (χ3n) is 4.92. The summed E-state index contributed by atoms with van der Waals surface area (Å²) < 4.78 is 18.8. The maximum Gasteiger partial charge on any atom is 0.149 e. The van der Waals surface area contributed by atoms with Crippen LogP contribution in [0.3, 0.4) is 0 Å². The number of benzene rings is 1. The molecule has 2 unspecified atom stereocenters. The van der Waals surface area contributed by atoms with Gasteiger partial charge in [0.1, 0.15) is 22.5 Å². The predicted molar refractivity (Wildman–Crippen MR) is 94.6 cm³/mol. The van der Waals surface area contributed by atoms with Gasteiger partial charge in [-0.3, -0.25) is 9.88 Å². The lowest BCUT2D eigenvalue weighted by molar-refractivity contribution is 0.216. The largest absolute Gasteiger partial charge is 0.493 e. The van der Waals surface area contributed by atoms with Crippen molar-refractivity contribution in [2.75, 3.05) is 37.7 Å². The number of anilines is 1. The topological polar surface area (TPSA) is 41.5 Å². The van der Waals surface area contributed by atoms with E-state index < -0.39 is 0 Å². The molecule has 1 aromatic heterocycles. The Morgan fingerprint density at radius 1 is 1.16 bits per heavy atom. The molecule has 1 aromatic carbocycles. The van der Waals surface area contributed by atoms with E-state index in [4.69, 9.17) is 16.3 Å². The van der Waals surface area contributed by atoms with Gasteiger partial charge < -0.3 is 9.64 Å². The van der Waals surface area contributed by atoms with Crippen LogP contribution in [0, 0.1) is 11.7 Å². The highest BCUT2D eigenvalue weighted by Gasteiger charge is 2.36. The summed E-state index contributed by atoms with van der Waals surface area (Å²) in [4.78, 5) is 13.3. The first-order valence-corrected chi connectivity index (χ1v) is 8.90. The van der Waals surface area contributed by atoms with Crippen molar-refractivity contribution in [3.05, 3.63) is 47.6 Å². The van der Waals surface area contributed by atoms with E-state index in [0.29, 0.717) is 23.7 Å². The van der Waals surface area contributed by atoms with Crippen molar-refractivity contribution in [3.63, 3.8) is 0 Å². The van der Waals surface area contributed by atoms with Crippen molar-refractivity contribution in [2.24, 2.45) is 5.92 Å². The van der Waals surface area contributed by atoms with Crippen LogP contribution in [-0.4, -0.2) is 53.7 Å². The molecule has 0 spiro atoms. The number of nitrogens with zero attached hydrogens (tertiary/aromatic N) is 4. The van der Waals surface area contributed by atoms with Crippen LogP contribution in [-0.2, 0) is 0 Å². The quantitative estimate of drug-likeness (QED) is 0.836. The Balaban J connectivity index is 1.33. The second-order valence-corrected chi connectivity index (χ2v) is 7.05. The van der Waals surface area contributed by atoms with Gasteiger partial charge in [-0.2, -0.15) is 0 Å². The normalized spacial score (nSPS) is 23.5. The van der Waals surface area contributed by atoms with Crippen molar-refractivity contribution in [1.82, 2.24) is 14.9 Å². The van der Waals surface area contributed by atoms with Crippen molar-refractivity contribution in [3.8, 4) is 5.75 Å². The first kappa shape index (κ1) is 16.5. The van der Waals surface area contributed by atoms with Crippen molar-refractivity contribution in [1.29, 1.82) is 0 Å². The second kappa shape index (κ2) is 7.14. The van der Waals surface area contributed by atoms with E-state index in [2.05, 4.69) is 19.8 Å². The minimum atomic E-state index is -0.241. The van der Waals surface area contributed by atoms with Gasteiger partial charge in [0.25, 0.3) is 0 Å². The zero-order valence-corrected chi connectivity index (χ0v) is 14.6. The van der Waals surface area contributed by atoms with E-state index in [9.17, 15) is 4.39 Å². The Morgan fingerprint density at radius 2 is 2.00 bits per heavy atom. The molecule has 3 heterocycles. The van der Waals surface area contributed by atoms with Gasteiger partial charge in [0.15, 0.2) is 0 Å². The third-order valence-corrected chi connectivity index (χ3v) is 5.10. The van der Waals surface area contributed by atoms with E-state index in [1.165, 1.54) is 12.1 Å². The van der Waals surface area contributed by atoms with E-state index in [1.54, 1.807) is 24.5 Å². The molecular formula is C18H20ClFN4O. The number of hydrogen-bond acceptors (Lipinski definition) is 5. The molecule has 2 atom stereocenters. The van der Waals surface area contributed by atoms with Crippen LogP contribution < -0.4 is 9.64 Å². The van der Waals surface area contributed by atoms with Crippen molar-refractivity contribution in [2.45, 2.75) is 12.5 Å². The summed E-state index contributed by atoms with van der Waals surface area (Å²) in [5.41, 5.74) is 0. The fourth-order valence-electron chi connectivity index (χ4n) is 3.71. The maximum atomic E-state index is 12.9. The Kier molecular flexibility index (Phi) is 4.72. The number of hydrogen-bond donors (Lipinski definition) is 0. The molecule has 2 aliphatic heterocycles. The number of ether oxygens (including phenoxy) is 1. The highest BCUT2D eigenvalue weighted by Crippen LogP contribution is 2.29. The fourth-order valence-corrected chi connectivity index (χ4v) is 3.85. The Morgan fingerprint density at radius 3 is 2.80 bits per heavy atom. The van der Waals surface area contributed by atoms with Crippen LogP contribution in [0.2, 0.25) is 5.15 Å². The molecular weight excluding hydrogens is 343 g/mol. The van der Waals surface area contributed by atoms with Crippen LogP contribution >= 0.6 is 11.6 Å². The van der Waals surface area contributed by atoms with E-state index >= 15 is 0 Å². The lowest BCUT2D eigenvalue weighted by atomic mass is 10.1. The monoisotopic (exact) mass is 362 g/mol. The summed E-state index contributed by atoms with van der Waals surface area (Å²) in [6, 6.07) is 6.71. The molecule has 2 saturated heterocycles. The lowest BCUT2D eigenvalue weighted by Crippen LogP contribution is -2.50. The van der Waals surface area contributed by atoms with Crippen molar-refractivity contribution < 1.29 is 9.13 Å². The number of piperazine rings is 1. The maximum absolute atomic E-state index is 12.9.